The molecule has 1 aliphatic rings. The van der Waals surface area contributed by atoms with E-state index in [1.165, 1.54) is 0 Å². The average molecular weight is 276 g/mol. The van der Waals surface area contributed by atoms with Crippen LogP contribution in [0.3, 0.4) is 0 Å². The first-order valence-corrected chi connectivity index (χ1v) is 6.95. The maximum Gasteiger partial charge on any atom is 0.0964 e. The molecule has 2 heterocycles. The van der Waals surface area contributed by atoms with Crippen LogP contribution in [0.15, 0.2) is 24.7 Å². The molecule has 20 heavy (non-hydrogen) atoms. The number of hydrogen-bond acceptors (Lipinski definition) is 5. The molecule has 7 nitrogen and oxygen atoms in total. The molecule has 2 aromatic rings. The molecule has 108 valence electrons. The van der Waals surface area contributed by atoms with Crippen molar-refractivity contribution in [1.82, 2.24) is 30.1 Å². The molecule has 1 fully saturated rings. The Bertz CT molecular complexity index is 537. The van der Waals surface area contributed by atoms with E-state index in [2.05, 4.69) is 20.6 Å². The number of aromatic nitrogens is 5. The zero-order valence-corrected chi connectivity index (χ0v) is 11.6. The van der Waals surface area contributed by atoms with Gasteiger partial charge in [-0.05, 0) is 24.8 Å². The third-order valence-corrected chi connectivity index (χ3v) is 3.82. The van der Waals surface area contributed by atoms with Gasteiger partial charge in [0.15, 0.2) is 0 Å². The van der Waals surface area contributed by atoms with E-state index in [-0.39, 0.29) is 12.1 Å². The number of aliphatic hydroxyl groups is 1. The monoisotopic (exact) mass is 276 g/mol. The molecule has 2 aromatic heterocycles. The van der Waals surface area contributed by atoms with Crippen molar-refractivity contribution in [3.63, 3.8) is 0 Å². The minimum atomic E-state index is -0.299. The predicted octanol–water partition coefficient (Wildman–Crippen LogP) is -0.0591. The Morgan fingerprint density at radius 1 is 1.40 bits per heavy atom. The first-order chi connectivity index (χ1) is 9.70. The molecule has 3 rings (SSSR count). The van der Waals surface area contributed by atoms with E-state index in [9.17, 15) is 5.11 Å². The highest BCUT2D eigenvalue weighted by Crippen LogP contribution is 2.27. The molecular formula is C13H20N6O. The molecule has 0 aliphatic heterocycles. The molecule has 0 radical (unpaired) electrons. The Morgan fingerprint density at radius 3 is 3.00 bits per heavy atom. The molecule has 0 spiro atoms. The van der Waals surface area contributed by atoms with E-state index in [1.54, 1.807) is 24.2 Å². The van der Waals surface area contributed by atoms with E-state index in [4.69, 9.17) is 0 Å². The Morgan fingerprint density at radius 2 is 2.30 bits per heavy atom. The van der Waals surface area contributed by atoms with Crippen molar-refractivity contribution < 1.29 is 5.11 Å². The maximum absolute atomic E-state index is 10.1. The summed E-state index contributed by atoms with van der Waals surface area (Å²) in [5.41, 5.74) is 0.898. The van der Waals surface area contributed by atoms with Gasteiger partial charge in [-0.2, -0.15) is 20.1 Å². The van der Waals surface area contributed by atoms with E-state index >= 15 is 0 Å². The number of nitrogens with one attached hydrogen (secondary N) is 1. The largest absolute Gasteiger partial charge is 0.391 e. The molecule has 1 saturated carbocycles. The average Bonchev–Trinajstić information content (AvgIpc) is 3.11. The molecule has 0 aromatic carbocycles. The first-order valence-electron chi connectivity index (χ1n) is 6.95. The van der Waals surface area contributed by atoms with Gasteiger partial charge in [-0.1, -0.05) is 0 Å². The lowest BCUT2D eigenvalue weighted by Gasteiger charge is -2.15. The third-order valence-electron chi connectivity index (χ3n) is 3.82. The number of nitrogens with zero attached hydrogens (tertiary/aromatic N) is 5. The van der Waals surface area contributed by atoms with Crippen LogP contribution in [-0.4, -0.2) is 42.0 Å². The highest BCUT2D eigenvalue weighted by Gasteiger charge is 2.32. The van der Waals surface area contributed by atoms with Crippen molar-refractivity contribution in [2.75, 3.05) is 0 Å². The molecule has 0 saturated heterocycles. The van der Waals surface area contributed by atoms with Crippen LogP contribution in [0.5, 0.6) is 0 Å². The van der Waals surface area contributed by atoms with Crippen LogP contribution in [-0.2, 0) is 20.1 Å². The summed E-state index contributed by atoms with van der Waals surface area (Å²) in [5, 5.41) is 26.0. The topological polar surface area (TPSA) is 80.8 Å². The Balaban J connectivity index is 1.50. The van der Waals surface area contributed by atoms with E-state index in [1.807, 2.05) is 16.9 Å². The number of hydrogen-bond donors (Lipinski definition) is 2. The zero-order valence-electron chi connectivity index (χ0n) is 11.6. The van der Waals surface area contributed by atoms with Crippen LogP contribution >= 0.6 is 0 Å². The van der Waals surface area contributed by atoms with E-state index in [0.29, 0.717) is 12.5 Å². The van der Waals surface area contributed by atoms with Crippen LogP contribution in [0.2, 0.25) is 0 Å². The van der Waals surface area contributed by atoms with Crippen molar-refractivity contribution in [3.05, 3.63) is 30.4 Å². The number of aryl methyl sites for hydroxylation is 1. The van der Waals surface area contributed by atoms with Crippen LogP contribution < -0.4 is 5.32 Å². The van der Waals surface area contributed by atoms with Gasteiger partial charge in [0.05, 0.1) is 18.0 Å². The van der Waals surface area contributed by atoms with Gasteiger partial charge in [0.25, 0.3) is 0 Å². The molecule has 2 N–H and O–H groups in total. The predicted molar refractivity (Wildman–Crippen MR) is 72.6 cm³/mol. The normalized spacial score (nSPS) is 26.2. The Hall–Kier alpha value is -1.73. The molecule has 1 aliphatic carbocycles. The fraction of sp³-hybridized carbons (Fsp3) is 0.615. The SMILES string of the molecule is Cn1ncc(CN[C@@H]2CC(Cn3cccn3)C[C@H]2O)n1. The van der Waals surface area contributed by atoms with Crippen LogP contribution in [0.1, 0.15) is 18.5 Å². The Kier molecular flexibility index (Phi) is 3.79. The van der Waals surface area contributed by atoms with Crippen molar-refractivity contribution in [2.45, 2.75) is 38.1 Å². The van der Waals surface area contributed by atoms with Gasteiger partial charge in [0.1, 0.15) is 0 Å². The summed E-state index contributed by atoms with van der Waals surface area (Å²) < 4.78 is 1.93. The van der Waals surface area contributed by atoms with E-state index < -0.39 is 0 Å². The van der Waals surface area contributed by atoms with Crippen LogP contribution in [0.4, 0.5) is 0 Å². The summed E-state index contributed by atoms with van der Waals surface area (Å²) in [4.78, 5) is 1.54. The van der Waals surface area contributed by atoms with Crippen LogP contribution in [0.25, 0.3) is 0 Å². The summed E-state index contributed by atoms with van der Waals surface area (Å²) >= 11 is 0. The van der Waals surface area contributed by atoms with Gasteiger partial charge in [0.2, 0.25) is 0 Å². The van der Waals surface area contributed by atoms with Crippen molar-refractivity contribution in [2.24, 2.45) is 13.0 Å². The standard InChI is InChI=1S/C13H20N6O/c1-18-16-8-11(17-18)7-14-12-5-10(6-13(12)20)9-19-4-2-3-15-19/h2-4,8,10,12-14,20H,5-7,9H2,1H3/t10?,12-,13-/m1/s1. The zero-order chi connectivity index (χ0) is 13.9. The van der Waals surface area contributed by atoms with Gasteiger partial charge in [0, 0.05) is 38.6 Å². The first kappa shape index (κ1) is 13.3. The minimum Gasteiger partial charge on any atom is -0.391 e. The summed E-state index contributed by atoms with van der Waals surface area (Å²) in [6.07, 6.45) is 6.98. The summed E-state index contributed by atoms with van der Waals surface area (Å²) in [6, 6.07) is 2.05. The second-order valence-electron chi connectivity index (χ2n) is 5.45. The van der Waals surface area contributed by atoms with Crippen molar-refractivity contribution in [1.29, 1.82) is 0 Å². The molecule has 7 heteroatoms. The second-order valence-corrected chi connectivity index (χ2v) is 5.45. The highest BCUT2D eigenvalue weighted by molar-refractivity contribution is 4.94. The quantitative estimate of drug-likeness (QED) is 0.799. The van der Waals surface area contributed by atoms with Gasteiger partial charge in [-0.25, -0.2) is 0 Å². The highest BCUT2D eigenvalue weighted by atomic mass is 16.3. The second kappa shape index (κ2) is 5.72. The third kappa shape index (κ3) is 3.05. The fourth-order valence-electron chi connectivity index (χ4n) is 2.86. The summed E-state index contributed by atoms with van der Waals surface area (Å²) in [5.74, 6) is 0.462. The number of rotatable bonds is 5. The fourth-order valence-corrected chi connectivity index (χ4v) is 2.86. The molecule has 1 unspecified atom stereocenters. The lowest BCUT2D eigenvalue weighted by atomic mass is 10.1. The summed E-state index contributed by atoms with van der Waals surface area (Å²) in [7, 11) is 1.80. The minimum absolute atomic E-state index is 0.123. The summed E-state index contributed by atoms with van der Waals surface area (Å²) in [6.45, 7) is 1.51. The molecule has 0 amide bonds. The van der Waals surface area contributed by atoms with Crippen molar-refractivity contribution >= 4 is 0 Å². The van der Waals surface area contributed by atoms with Gasteiger partial charge >= 0.3 is 0 Å². The maximum atomic E-state index is 10.1. The van der Waals surface area contributed by atoms with Gasteiger partial charge < -0.3 is 10.4 Å². The lowest BCUT2D eigenvalue weighted by molar-refractivity contribution is 0.145. The van der Waals surface area contributed by atoms with E-state index in [0.717, 1.165) is 25.1 Å². The Labute approximate surface area is 117 Å². The van der Waals surface area contributed by atoms with Crippen LogP contribution in [0, 0.1) is 5.92 Å². The molecular weight excluding hydrogens is 256 g/mol. The van der Waals surface area contributed by atoms with Gasteiger partial charge in [-0.3, -0.25) is 4.68 Å². The molecule has 3 atom stereocenters. The lowest BCUT2D eigenvalue weighted by Crippen LogP contribution is -2.35. The van der Waals surface area contributed by atoms with Gasteiger partial charge in [-0.15, -0.1) is 0 Å². The van der Waals surface area contributed by atoms with Crippen molar-refractivity contribution in [3.8, 4) is 0 Å². The number of aliphatic hydroxyl groups excluding tert-OH is 1. The molecule has 0 bridgehead atoms. The smallest absolute Gasteiger partial charge is 0.0964 e.